The number of rotatable bonds is 11. The number of hydrogen-bond donors (Lipinski definition) is 0. The minimum absolute atomic E-state index is 0.618. The summed E-state index contributed by atoms with van der Waals surface area (Å²) in [5.74, 6) is 2.62. The first-order valence-electron chi connectivity index (χ1n) is 8.26. The highest BCUT2D eigenvalue weighted by Gasteiger charge is 2.26. The Bertz CT molecular complexity index is 196. The van der Waals surface area contributed by atoms with E-state index in [1.807, 2.05) is 0 Å². The Labute approximate surface area is 115 Å². The van der Waals surface area contributed by atoms with Crippen molar-refractivity contribution in [3.05, 3.63) is 0 Å². The molecule has 0 aromatic rings. The van der Waals surface area contributed by atoms with E-state index in [0.717, 1.165) is 24.4 Å². The monoisotopic (exact) mass is 254 g/mol. The number of hydrogen-bond acceptors (Lipinski definition) is 1. The van der Waals surface area contributed by atoms with Gasteiger partial charge < -0.3 is 4.74 Å². The molecule has 0 radical (unpaired) electrons. The van der Waals surface area contributed by atoms with E-state index in [0.29, 0.717) is 6.10 Å². The minimum Gasteiger partial charge on any atom is -0.373 e. The molecule has 0 bridgehead atoms. The molecule has 0 amide bonds. The summed E-state index contributed by atoms with van der Waals surface area (Å²) in [5.41, 5.74) is 0. The first kappa shape index (κ1) is 16.0. The van der Waals surface area contributed by atoms with E-state index in [1.165, 1.54) is 51.4 Å². The van der Waals surface area contributed by atoms with Crippen LogP contribution in [0.3, 0.4) is 0 Å². The van der Waals surface area contributed by atoms with Crippen LogP contribution < -0.4 is 0 Å². The molecule has 1 aliphatic heterocycles. The van der Waals surface area contributed by atoms with Gasteiger partial charge in [-0.25, -0.2) is 0 Å². The minimum atomic E-state index is 0.618. The molecule has 3 unspecified atom stereocenters. The van der Waals surface area contributed by atoms with Crippen molar-refractivity contribution in [2.24, 2.45) is 17.8 Å². The zero-order valence-electron chi connectivity index (χ0n) is 13.1. The molecule has 0 aliphatic carbocycles. The summed E-state index contributed by atoms with van der Waals surface area (Å²) >= 11 is 0. The normalized spacial score (nSPS) is 22.2. The molecule has 1 fully saturated rings. The maximum absolute atomic E-state index is 5.36. The second-order valence-electron chi connectivity index (χ2n) is 6.60. The van der Waals surface area contributed by atoms with E-state index >= 15 is 0 Å². The maximum Gasteiger partial charge on any atom is 0.0810 e. The lowest BCUT2D eigenvalue weighted by Crippen LogP contribution is -2.18. The number of ether oxygens (including phenoxy) is 1. The van der Waals surface area contributed by atoms with Gasteiger partial charge >= 0.3 is 0 Å². The van der Waals surface area contributed by atoms with Gasteiger partial charge in [0.25, 0.3) is 0 Å². The Morgan fingerprint density at radius 1 is 1.00 bits per heavy atom. The second-order valence-corrected chi connectivity index (χ2v) is 6.60. The van der Waals surface area contributed by atoms with Crippen LogP contribution in [0.5, 0.6) is 0 Å². The molecule has 108 valence electrons. The standard InChI is InChI=1S/C17H34O/c1-5-6-7-8-9-10-16(15(4)14(2)3)11-12-17-13-18-17/h14-17H,5-13H2,1-4H3. The van der Waals surface area contributed by atoms with Gasteiger partial charge in [-0.05, 0) is 30.6 Å². The predicted octanol–water partition coefficient (Wildman–Crippen LogP) is 5.43. The topological polar surface area (TPSA) is 12.5 Å². The van der Waals surface area contributed by atoms with Gasteiger partial charge in [-0.1, -0.05) is 66.2 Å². The van der Waals surface area contributed by atoms with Crippen molar-refractivity contribution in [3.8, 4) is 0 Å². The lowest BCUT2D eigenvalue weighted by Gasteiger charge is -2.27. The smallest absolute Gasteiger partial charge is 0.0810 e. The van der Waals surface area contributed by atoms with Crippen LogP contribution in [0, 0.1) is 17.8 Å². The zero-order chi connectivity index (χ0) is 13.4. The third-order valence-corrected chi connectivity index (χ3v) is 4.74. The van der Waals surface area contributed by atoms with Crippen LogP contribution in [0.25, 0.3) is 0 Å². The number of epoxide rings is 1. The molecule has 0 spiro atoms. The highest BCUT2D eigenvalue weighted by atomic mass is 16.6. The zero-order valence-corrected chi connectivity index (χ0v) is 13.1. The highest BCUT2D eigenvalue weighted by molar-refractivity contribution is 4.75. The lowest BCUT2D eigenvalue weighted by atomic mass is 9.79. The summed E-state index contributed by atoms with van der Waals surface area (Å²) in [5, 5.41) is 0. The Kier molecular flexibility index (Phi) is 7.97. The third-order valence-electron chi connectivity index (χ3n) is 4.74. The van der Waals surface area contributed by atoms with Crippen molar-refractivity contribution >= 4 is 0 Å². The van der Waals surface area contributed by atoms with E-state index in [1.54, 1.807) is 0 Å². The first-order chi connectivity index (χ1) is 8.65. The van der Waals surface area contributed by atoms with E-state index < -0.39 is 0 Å². The fraction of sp³-hybridized carbons (Fsp3) is 1.00. The molecule has 1 nitrogen and oxygen atoms in total. The van der Waals surface area contributed by atoms with Gasteiger partial charge in [0, 0.05) is 0 Å². The van der Waals surface area contributed by atoms with Crippen molar-refractivity contribution in [1.29, 1.82) is 0 Å². The molecule has 3 atom stereocenters. The molecule has 1 heterocycles. The SMILES string of the molecule is CCCCCCCC(CCC1CO1)C(C)C(C)C. The maximum atomic E-state index is 5.36. The Hall–Kier alpha value is -0.0400. The van der Waals surface area contributed by atoms with Gasteiger partial charge in [-0.3, -0.25) is 0 Å². The van der Waals surface area contributed by atoms with Crippen LogP contribution in [0.2, 0.25) is 0 Å². The van der Waals surface area contributed by atoms with Crippen molar-refractivity contribution in [2.75, 3.05) is 6.61 Å². The van der Waals surface area contributed by atoms with Crippen LogP contribution in [0.4, 0.5) is 0 Å². The molecular weight excluding hydrogens is 220 g/mol. The molecule has 0 N–H and O–H groups in total. The summed E-state index contributed by atoms with van der Waals surface area (Å²) in [4.78, 5) is 0. The molecule has 1 heteroatoms. The van der Waals surface area contributed by atoms with Gasteiger partial charge in [0.2, 0.25) is 0 Å². The van der Waals surface area contributed by atoms with Crippen LogP contribution in [0.1, 0.15) is 79.1 Å². The van der Waals surface area contributed by atoms with Gasteiger partial charge in [-0.15, -0.1) is 0 Å². The van der Waals surface area contributed by atoms with Crippen LogP contribution in [-0.2, 0) is 4.74 Å². The van der Waals surface area contributed by atoms with Crippen LogP contribution in [0.15, 0.2) is 0 Å². The third kappa shape index (κ3) is 6.78. The molecule has 1 saturated heterocycles. The largest absolute Gasteiger partial charge is 0.373 e. The van der Waals surface area contributed by atoms with E-state index in [2.05, 4.69) is 27.7 Å². The molecule has 18 heavy (non-hydrogen) atoms. The Morgan fingerprint density at radius 2 is 1.67 bits per heavy atom. The van der Waals surface area contributed by atoms with Crippen molar-refractivity contribution in [2.45, 2.75) is 85.2 Å². The molecule has 1 rings (SSSR count). The van der Waals surface area contributed by atoms with Crippen molar-refractivity contribution < 1.29 is 4.74 Å². The summed E-state index contributed by atoms with van der Waals surface area (Å²) < 4.78 is 5.36. The summed E-state index contributed by atoms with van der Waals surface area (Å²) in [6.45, 7) is 10.5. The molecule has 1 aliphatic rings. The molecule has 0 saturated carbocycles. The van der Waals surface area contributed by atoms with Gasteiger partial charge in [0.1, 0.15) is 0 Å². The van der Waals surface area contributed by atoms with Crippen LogP contribution >= 0.6 is 0 Å². The van der Waals surface area contributed by atoms with Crippen molar-refractivity contribution in [3.63, 3.8) is 0 Å². The van der Waals surface area contributed by atoms with Crippen molar-refractivity contribution in [1.82, 2.24) is 0 Å². The van der Waals surface area contributed by atoms with E-state index in [-0.39, 0.29) is 0 Å². The quantitative estimate of drug-likeness (QED) is 0.353. The van der Waals surface area contributed by atoms with Crippen LogP contribution in [-0.4, -0.2) is 12.7 Å². The molecule has 0 aromatic heterocycles. The van der Waals surface area contributed by atoms with Gasteiger partial charge in [0.15, 0.2) is 0 Å². The fourth-order valence-electron chi connectivity index (χ4n) is 2.86. The van der Waals surface area contributed by atoms with E-state index in [9.17, 15) is 0 Å². The average Bonchev–Trinajstić information content (AvgIpc) is 3.15. The Morgan fingerprint density at radius 3 is 2.22 bits per heavy atom. The highest BCUT2D eigenvalue weighted by Crippen LogP contribution is 2.31. The number of unbranched alkanes of at least 4 members (excludes halogenated alkanes) is 4. The molecular formula is C17H34O. The molecule has 0 aromatic carbocycles. The summed E-state index contributed by atoms with van der Waals surface area (Å²) in [6.07, 6.45) is 11.8. The Balaban J connectivity index is 2.19. The predicted molar refractivity (Wildman–Crippen MR) is 79.8 cm³/mol. The van der Waals surface area contributed by atoms with Gasteiger partial charge in [-0.2, -0.15) is 0 Å². The second kappa shape index (κ2) is 8.96. The summed E-state index contributed by atoms with van der Waals surface area (Å²) in [7, 11) is 0. The lowest BCUT2D eigenvalue weighted by molar-refractivity contribution is 0.230. The average molecular weight is 254 g/mol. The summed E-state index contributed by atoms with van der Waals surface area (Å²) in [6, 6.07) is 0. The fourth-order valence-corrected chi connectivity index (χ4v) is 2.86. The first-order valence-corrected chi connectivity index (χ1v) is 8.26. The van der Waals surface area contributed by atoms with E-state index in [4.69, 9.17) is 4.74 Å². The van der Waals surface area contributed by atoms with Gasteiger partial charge in [0.05, 0.1) is 12.7 Å².